The Balaban J connectivity index is 1.49. The van der Waals surface area contributed by atoms with Crippen LogP contribution in [0.1, 0.15) is 18.6 Å². The monoisotopic (exact) mass is 416 g/mol. The highest BCUT2D eigenvalue weighted by molar-refractivity contribution is 8.26. The average Bonchev–Trinajstić information content (AvgIpc) is 3.41. The van der Waals surface area contributed by atoms with Crippen LogP contribution in [0.4, 0.5) is 5.69 Å². The van der Waals surface area contributed by atoms with E-state index in [1.807, 2.05) is 0 Å². The molecule has 144 valence electrons. The van der Waals surface area contributed by atoms with Gasteiger partial charge < -0.3 is 9.15 Å². The van der Waals surface area contributed by atoms with Crippen LogP contribution in [0.5, 0.6) is 0 Å². The van der Waals surface area contributed by atoms with Gasteiger partial charge in [0.2, 0.25) is 0 Å². The van der Waals surface area contributed by atoms with E-state index >= 15 is 0 Å². The Bertz CT molecular complexity index is 961. The molecule has 0 N–H and O–H groups in total. The number of nitro benzene ring substituents is 1. The molecule has 2 aliphatic rings. The van der Waals surface area contributed by atoms with E-state index in [2.05, 4.69) is 0 Å². The van der Waals surface area contributed by atoms with Gasteiger partial charge in [0, 0.05) is 30.4 Å². The van der Waals surface area contributed by atoms with Gasteiger partial charge >= 0.3 is 0 Å². The molecule has 2 aromatic rings. The Morgan fingerprint density at radius 1 is 1.29 bits per heavy atom. The Kier molecular flexibility index (Phi) is 5.29. The van der Waals surface area contributed by atoms with Crippen molar-refractivity contribution in [3.63, 3.8) is 0 Å². The maximum Gasteiger partial charge on any atom is 0.269 e. The molecule has 3 heterocycles. The molecule has 0 aliphatic carbocycles. The first-order chi connectivity index (χ1) is 13.5. The predicted molar refractivity (Wildman–Crippen MR) is 110 cm³/mol. The number of furan rings is 1. The lowest BCUT2D eigenvalue weighted by atomic mass is 10.1. The van der Waals surface area contributed by atoms with Gasteiger partial charge in [-0.3, -0.25) is 19.8 Å². The Morgan fingerprint density at radius 2 is 2.07 bits per heavy atom. The molecule has 1 atom stereocenters. The molecule has 1 amide bonds. The highest BCUT2D eigenvalue weighted by atomic mass is 32.2. The fourth-order valence-electron chi connectivity index (χ4n) is 3.11. The molecule has 1 aromatic heterocycles. The number of nitrogens with zero attached hydrogens (tertiary/aromatic N) is 2. The quantitative estimate of drug-likeness (QED) is 0.312. The Labute approximate surface area is 170 Å². The summed E-state index contributed by atoms with van der Waals surface area (Å²) in [5.74, 6) is 0.945. The minimum atomic E-state index is -0.448. The van der Waals surface area contributed by atoms with Crippen LogP contribution in [-0.4, -0.2) is 39.3 Å². The van der Waals surface area contributed by atoms with E-state index < -0.39 is 4.92 Å². The van der Waals surface area contributed by atoms with Crippen molar-refractivity contribution < 1.29 is 18.9 Å². The van der Waals surface area contributed by atoms with Gasteiger partial charge in [0.25, 0.3) is 11.6 Å². The zero-order chi connectivity index (χ0) is 19.7. The molecule has 7 nitrogen and oxygen atoms in total. The minimum absolute atomic E-state index is 0.0189. The molecule has 1 unspecified atom stereocenters. The van der Waals surface area contributed by atoms with Crippen LogP contribution in [0.2, 0.25) is 0 Å². The normalized spacial score (nSPS) is 21.1. The first kappa shape index (κ1) is 18.9. The molecule has 0 bridgehead atoms. The van der Waals surface area contributed by atoms with Gasteiger partial charge in [-0.05, 0) is 37.1 Å². The maximum absolute atomic E-state index is 12.7. The third kappa shape index (κ3) is 3.87. The summed E-state index contributed by atoms with van der Waals surface area (Å²) < 4.78 is 11.9. The molecule has 0 saturated carbocycles. The number of amides is 1. The number of ether oxygens (including phenoxy) is 1. The average molecular weight is 416 g/mol. The number of carbonyl (C=O) groups is 1. The van der Waals surface area contributed by atoms with Crippen LogP contribution >= 0.6 is 24.0 Å². The van der Waals surface area contributed by atoms with E-state index in [9.17, 15) is 14.9 Å². The molecule has 0 spiro atoms. The fraction of sp³-hybridized carbons (Fsp3) is 0.263. The molecule has 2 aliphatic heterocycles. The number of nitro groups is 1. The van der Waals surface area contributed by atoms with E-state index in [-0.39, 0.29) is 17.7 Å². The number of carbonyl (C=O) groups excluding carboxylic acids is 1. The van der Waals surface area contributed by atoms with Crippen LogP contribution in [0.3, 0.4) is 0 Å². The van der Waals surface area contributed by atoms with Crippen molar-refractivity contribution in [3.8, 4) is 11.3 Å². The third-order valence-electron chi connectivity index (χ3n) is 4.55. The number of thiocarbonyl (C=S) groups is 1. The van der Waals surface area contributed by atoms with Crippen molar-refractivity contribution in [2.45, 2.75) is 18.9 Å². The van der Waals surface area contributed by atoms with Crippen LogP contribution < -0.4 is 0 Å². The van der Waals surface area contributed by atoms with Crippen molar-refractivity contribution >= 4 is 46.0 Å². The third-order valence-corrected chi connectivity index (χ3v) is 5.92. The summed E-state index contributed by atoms with van der Waals surface area (Å²) in [5, 5.41) is 10.8. The first-order valence-electron chi connectivity index (χ1n) is 8.73. The largest absolute Gasteiger partial charge is 0.457 e. The molecule has 4 rings (SSSR count). The summed E-state index contributed by atoms with van der Waals surface area (Å²) >= 11 is 6.60. The molecular formula is C19H16N2O5S2. The van der Waals surface area contributed by atoms with Crippen LogP contribution in [0.15, 0.2) is 45.7 Å². The van der Waals surface area contributed by atoms with Gasteiger partial charge in [-0.2, -0.15) is 0 Å². The van der Waals surface area contributed by atoms with Gasteiger partial charge in [0.05, 0.1) is 22.5 Å². The van der Waals surface area contributed by atoms with Crippen molar-refractivity contribution in [2.24, 2.45) is 0 Å². The van der Waals surface area contributed by atoms with Gasteiger partial charge in [-0.25, -0.2) is 0 Å². The van der Waals surface area contributed by atoms with Crippen molar-refractivity contribution in [1.82, 2.24) is 4.90 Å². The molecule has 1 aromatic carbocycles. The predicted octanol–water partition coefficient (Wildman–Crippen LogP) is 4.24. The van der Waals surface area contributed by atoms with Gasteiger partial charge in [0.1, 0.15) is 15.8 Å². The van der Waals surface area contributed by atoms with Crippen LogP contribution in [-0.2, 0) is 9.53 Å². The molecule has 2 saturated heterocycles. The zero-order valence-corrected chi connectivity index (χ0v) is 16.3. The molecule has 0 radical (unpaired) electrons. The van der Waals surface area contributed by atoms with Crippen LogP contribution in [0, 0.1) is 10.1 Å². The highest BCUT2D eigenvalue weighted by Gasteiger charge is 2.34. The second-order valence-electron chi connectivity index (χ2n) is 6.43. The summed E-state index contributed by atoms with van der Waals surface area (Å²) in [4.78, 5) is 25.1. The van der Waals surface area contributed by atoms with Crippen molar-refractivity contribution in [2.75, 3.05) is 13.2 Å². The zero-order valence-electron chi connectivity index (χ0n) is 14.7. The standard InChI is InChI=1S/C19H16N2O5S2/c22-18-17(28-19(27)20(18)11-15-2-1-9-25-15)10-14-7-8-16(26-14)12-3-5-13(6-4-12)21(23)24/h3-8,10,15H,1-2,9,11H2. The summed E-state index contributed by atoms with van der Waals surface area (Å²) in [6.07, 6.45) is 3.66. The van der Waals surface area contributed by atoms with E-state index in [0.29, 0.717) is 27.3 Å². The number of hydrogen-bond donors (Lipinski definition) is 0. The summed E-state index contributed by atoms with van der Waals surface area (Å²) in [6, 6.07) is 9.62. The lowest BCUT2D eigenvalue weighted by Crippen LogP contribution is -2.35. The second-order valence-corrected chi connectivity index (χ2v) is 8.11. The Morgan fingerprint density at radius 3 is 2.75 bits per heavy atom. The summed E-state index contributed by atoms with van der Waals surface area (Å²) in [6.45, 7) is 1.21. The van der Waals surface area contributed by atoms with Gasteiger partial charge in [0.15, 0.2) is 0 Å². The minimum Gasteiger partial charge on any atom is -0.457 e. The second kappa shape index (κ2) is 7.86. The van der Waals surface area contributed by atoms with Crippen LogP contribution in [0.25, 0.3) is 17.4 Å². The highest BCUT2D eigenvalue weighted by Crippen LogP contribution is 2.34. The number of rotatable bonds is 5. The van der Waals surface area contributed by atoms with Gasteiger partial charge in [-0.15, -0.1) is 0 Å². The van der Waals surface area contributed by atoms with Crippen molar-refractivity contribution in [1.29, 1.82) is 0 Å². The number of benzene rings is 1. The lowest BCUT2D eigenvalue weighted by Gasteiger charge is -2.18. The molecule has 28 heavy (non-hydrogen) atoms. The van der Waals surface area contributed by atoms with E-state index in [1.54, 1.807) is 35.2 Å². The molecule has 2 fully saturated rings. The summed E-state index contributed by atoms with van der Waals surface area (Å²) in [5.41, 5.74) is 0.738. The number of thioether (sulfide) groups is 1. The molecule has 9 heteroatoms. The first-order valence-corrected chi connectivity index (χ1v) is 9.95. The smallest absolute Gasteiger partial charge is 0.269 e. The Hall–Kier alpha value is -2.49. The van der Waals surface area contributed by atoms with Crippen molar-refractivity contribution in [3.05, 3.63) is 57.2 Å². The van der Waals surface area contributed by atoms with E-state index in [1.165, 1.54) is 23.9 Å². The fourth-order valence-corrected chi connectivity index (χ4v) is 4.37. The van der Waals surface area contributed by atoms with E-state index in [4.69, 9.17) is 21.4 Å². The number of hydrogen-bond acceptors (Lipinski definition) is 7. The maximum atomic E-state index is 12.7. The number of non-ortho nitro benzene ring substituents is 1. The topological polar surface area (TPSA) is 85.8 Å². The SMILES string of the molecule is O=C1C(=Cc2ccc(-c3ccc([N+](=O)[O-])cc3)o2)SC(=S)N1CC1CCCO1. The molecular weight excluding hydrogens is 400 g/mol. The van der Waals surface area contributed by atoms with Gasteiger partial charge in [-0.1, -0.05) is 24.0 Å². The summed E-state index contributed by atoms with van der Waals surface area (Å²) in [7, 11) is 0. The van der Waals surface area contributed by atoms with E-state index in [0.717, 1.165) is 25.0 Å². The lowest BCUT2D eigenvalue weighted by molar-refractivity contribution is -0.384.